The number of ether oxygens (including phenoxy) is 1. The number of sulfonamides is 1. The Morgan fingerprint density at radius 1 is 1.29 bits per heavy atom. The average Bonchev–Trinajstić information content (AvgIpc) is 2.41. The number of nitrogens with zero attached hydrogens (tertiary/aromatic N) is 1. The maximum absolute atomic E-state index is 12.6. The molecule has 21 heavy (non-hydrogen) atoms. The fraction of sp³-hybridized carbons (Fsp3) is 0.600. The molecule has 6 heteroatoms. The minimum absolute atomic E-state index is 0.151. The molecule has 1 saturated heterocycles. The highest BCUT2D eigenvalue weighted by Crippen LogP contribution is 2.25. The van der Waals surface area contributed by atoms with Crippen LogP contribution < -0.4 is 0 Å². The van der Waals surface area contributed by atoms with E-state index in [1.165, 1.54) is 10.4 Å². The molecule has 0 atom stereocenters. The summed E-state index contributed by atoms with van der Waals surface area (Å²) in [5, 5.41) is 0.481. The number of rotatable bonds is 4. The Kier molecular flexibility index (Phi) is 5.30. The molecule has 0 bridgehead atoms. The second-order valence-electron chi connectivity index (χ2n) is 5.70. The van der Waals surface area contributed by atoms with E-state index in [0.29, 0.717) is 18.1 Å². The topological polar surface area (TPSA) is 46.6 Å². The first-order valence-electron chi connectivity index (χ1n) is 7.22. The third kappa shape index (κ3) is 3.97. The van der Waals surface area contributed by atoms with Gasteiger partial charge >= 0.3 is 0 Å². The van der Waals surface area contributed by atoms with Gasteiger partial charge < -0.3 is 4.74 Å². The molecule has 0 saturated carbocycles. The molecule has 1 aliphatic rings. The second kappa shape index (κ2) is 6.65. The third-order valence-corrected chi connectivity index (χ3v) is 5.95. The highest BCUT2D eigenvalue weighted by atomic mass is 35.5. The van der Waals surface area contributed by atoms with Crippen LogP contribution >= 0.6 is 11.6 Å². The van der Waals surface area contributed by atoms with Crippen LogP contribution in [0.2, 0.25) is 5.02 Å². The highest BCUT2D eigenvalue weighted by Gasteiger charge is 2.30. The molecule has 1 fully saturated rings. The zero-order valence-corrected chi connectivity index (χ0v) is 14.2. The Morgan fingerprint density at radius 3 is 2.43 bits per heavy atom. The maximum atomic E-state index is 12.6. The van der Waals surface area contributed by atoms with Gasteiger partial charge in [-0.3, -0.25) is 0 Å². The molecule has 1 heterocycles. The van der Waals surface area contributed by atoms with Crippen LogP contribution in [-0.2, 0) is 14.8 Å². The zero-order chi connectivity index (χ0) is 15.6. The molecule has 0 spiro atoms. The van der Waals surface area contributed by atoms with Crippen molar-refractivity contribution in [3.8, 4) is 0 Å². The van der Waals surface area contributed by atoms with Crippen molar-refractivity contribution in [3.63, 3.8) is 0 Å². The molecule has 118 valence electrons. The van der Waals surface area contributed by atoms with Gasteiger partial charge in [0, 0.05) is 18.1 Å². The first-order valence-corrected chi connectivity index (χ1v) is 9.04. The Labute approximate surface area is 132 Å². The predicted octanol–water partition coefficient (Wildman–Crippen LogP) is 3.23. The van der Waals surface area contributed by atoms with E-state index >= 15 is 0 Å². The standard InChI is InChI=1S/C15H22ClNO3S/c1-11(2)20-13-6-8-17(9-7-13)21(18,19)14-5-4-12(3)15(16)10-14/h4-5,10-11,13H,6-9H2,1-3H3. The van der Waals surface area contributed by atoms with Gasteiger partial charge in [0.25, 0.3) is 0 Å². The van der Waals surface area contributed by atoms with E-state index in [2.05, 4.69) is 0 Å². The number of piperidine rings is 1. The van der Waals surface area contributed by atoms with Gasteiger partial charge in [0.2, 0.25) is 10.0 Å². The van der Waals surface area contributed by atoms with Crippen molar-refractivity contribution < 1.29 is 13.2 Å². The van der Waals surface area contributed by atoms with Crippen molar-refractivity contribution in [1.29, 1.82) is 0 Å². The van der Waals surface area contributed by atoms with E-state index < -0.39 is 10.0 Å². The van der Waals surface area contributed by atoms with Crippen molar-refractivity contribution in [1.82, 2.24) is 4.31 Å². The lowest BCUT2D eigenvalue weighted by Gasteiger charge is -2.32. The van der Waals surface area contributed by atoms with Crippen LogP contribution in [0.1, 0.15) is 32.3 Å². The monoisotopic (exact) mass is 331 g/mol. The van der Waals surface area contributed by atoms with Crippen LogP contribution in [0.15, 0.2) is 23.1 Å². The Balaban J connectivity index is 2.09. The molecule has 0 aliphatic carbocycles. The van der Waals surface area contributed by atoms with E-state index in [1.807, 2.05) is 20.8 Å². The quantitative estimate of drug-likeness (QED) is 0.851. The molecule has 1 aromatic carbocycles. The van der Waals surface area contributed by atoms with Gasteiger partial charge in [0.05, 0.1) is 17.1 Å². The van der Waals surface area contributed by atoms with Gasteiger partial charge in [-0.25, -0.2) is 8.42 Å². The SMILES string of the molecule is Cc1ccc(S(=O)(=O)N2CCC(OC(C)C)CC2)cc1Cl. The summed E-state index contributed by atoms with van der Waals surface area (Å²) in [5.41, 5.74) is 0.875. The lowest BCUT2D eigenvalue weighted by Crippen LogP contribution is -2.41. The molecule has 0 amide bonds. The van der Waals surface area contributed by atoms with E-state index in [1.54, 1.807) is 12.1 Å². The Hall–Kier alpha value is -0.620. The normalized spacial score (nSPS) is 18.3. The van der Waals surface area contributed by atoms with Crippen LogP contribution in [0.3, 0.4) is 0 Å². The van der Waals surface area contributed by atoms with Gasteiger partial charge in [0.15, 0.2) is 0 Å². The molecular formula is C15H22ClNO3S. The molecule has 0 N–H and O–H groups in total. The first kappa shape index (κ1) is 16.7. The van der Waals surface area contributed by atoms with Gasteiger partial charge in [-0.1, -0.05) is 17.7 Å². The lowest BCUT2D eigenvalue weighted by molar-refractivity contribution is -0.0168. The van der Waals surface area contributed by atoms with E-state index in [4.69, 9.17) is 16.3 Å². The van der Waals surface area contributed by atoms with Crippen molar-refractivity contribution in [2.45, 2.75) is 50.7 Å². The Morgan fingerprint density at radius 2 is 1.90 bits per heavy atom. The molecule has 2 rings (SSSR count). The summed E-state index contributed by atoms with van der Waals surface area (Å²) in [4.78, 5) is 0.265. The average molecular weight is 332 g/mol. The summed E-state index contributed by atoms with van der Waals surface area (Å²) in [6.07, 6.45) is 1.79. The summed E-state index contributed by atoms with van der Waals surface area (Å²) in [7, 11) is -3.46. The predicted molar refractivity (Wildman–Crippen MR) is 84.2 cm³/mol. The second-order valence-corrected chi connectivity index (χ2v) is 8.04. The Bertz CT molecular complexity index is 593. The third-order valence-electron chi connectivity index (χ3n) is 3.65. The van der Waals surface area contributed by atoms with E-state index in [-0.39, 0.29) is 17.1 Å². The molecule has 4 nitrogen and oxygen atoms in total. The number of hydrogen-bond acceptors (Lipinski definition) is 3. The summed E-state index contributed by atoms with van der Waals surface area (Å²) in [6.45, 7) is 6.83. The summed E-state index contributed by atoms with van der Waals surface area (Å²) in [5.74, 6) is 0. The van der Waals surface area contributed by atoms with E-state index in [0.717, 1.165) is 18.4 Å². The summed E-state index contributed by atoms with van der Waals surface area (Å²) >= 11 is 6.04. The molecule has 0 aromatic heterocycles. The minimum atomic E-state index is -3.46. The fourth-order valence-corrected chi connectivity index (χ4v) is 4.22. The molecule has 0 radical (unpaired) electrons. The highest BCUT2D eigenvalue weighted by molar-refractivity contribution is 7.89. The largest absolute Gasteiger partial charge is 0.375 e. The van der Waals surface area contributed by atoms with Crippen LogP contribution in [0, 0.1) is 6.92 Å². The zero-order valence-electron chi connectivity index (χ0n) is 12.7. The number of halogens is 1. The summed E-state index contributed by atoms with van der Waals surface area (Å²) < 4.78 is 32.5. The van der Waals surface area contributed by atoms with Crippen molar-refractivity contribution in [2.75, 3.05) is 13.1 Å². The maximum Gasteiger partial charge on any atom is 0.243 e. The fourth-order valence-electron chi connectivity index (χ4n) is 2.48. The smallest absolute Gasteiger partial charge is 0.243 e. The molecular weight excluding hydrogens is 310 g/mol. The molecule has 1 aromatic rings. The van der Waals surface area contributed by atoms with Crippen molar-refractivity contribution >= 4 is 21.6 Å². The summed E-state index contributed by atoms with van der Waals surface area (Å²) in [6, 6.07) is 4.89. The van der Waals surface area contributed by atoms with Gasteiger partial charge in [-0.05, 0) is 51.3 Å². The van der Waals surface area contributed by atoms with Crippen LogP contribution in [0.4, 0.5) is 0 Å². The number of benzene rings is 1. The lowest BCUT2D eigenvalue weighted by atomic mass is 10.1. The van der Waals surface area contributed by atoms with Gasteiger partial charge in [-0.15, -0.1) is 0 Å². The van der Waals surface area contributed by atoms with Crippen LogP contribution in [-0.4, -0.2) is 38.0 Å². The number of aryl methyl sites for hydroxylation is 1. The number of hydrogen-bond donors (Lipinski definition) is 0. The molecule has 1 aliphatic heterocycles. The first-order chi connectivity index (χ1) is 9.80. The van der Waals surface area contributed by atoms with Crippen molar-refractivity contribution in [3.05, 3.63) is 28.8 Å². The van der Waals surface area contributed by atoms with Crippen LogP contribution in [0.5, 0.6) is 0 Å². The van der Waals surface area contributed by atoms with Crippen molar-refractivity contribution in [2.24, 2.45) is 0 Å². The van der Waals surface area contributed by atoms with Gasteiger partial charge in [0.1, 0.15) is 0 Å². The van der Waals surface area contributed by atoms with Gasteiger partial charge in [-0.2, -0.15) is 4.31 Å². The molecule has 0 unspecified atom stereocenters. The van der Waals surface area contributed by atoms with E-state index in [9.17, 15) is 8.42 Å². The minimum Gasteiger partial charge on any atom is -0.375 e. The van der Waals surface area contributed by atoms with Crippen LogP contribution in [0.25, 0.3) is 0 Å².